The summed E-state index contributed by atoms with van der Waals surface area (Å²) in [5.41, 5.74) is 1.40. The quantitative estimate of drug-likeness (QED) is 0.374. The minimum absolute atomic E-state index is 0.137. The van der Waals surface area contributed by atoms with Crippen LogP contribution in [0.1, 0.15) is 11.3 Å². The lowest BCUT2D eigenvalue weighted by Gasteiger charge is -2.11. The number of hydrogen-bond acceptors (Lipinski definition) is 3. The van der Waals surface area contributed by atoms with Gasteiger partial charge in [-0.3, -0.25) is 0 Å². The monoisotopic (exact) mass is 501 g/mol. The molecular weight excluding hydrogens is 479 g/mol. The van der Waals surface area contributed by atoms with Crippen molar-refractivity contribution in [2.24, 2.45) is 0 Å². The van der Waals surface area contributed by atoms with Gasteiger partial charge in [-0.2, -0.15) is 0 Å². The molecule has 4 rings (SSSR count). The van der Waals surface area contributed by atoms with Crippen molar-refractivity contribution in [3.8, 4) is 0 Å². The first-order valence-electron chi connectivity index (χ1n) is 10.7. The van der Waals surface area contributed by atoms with Gasteiger partial charge in [-0.1, -0.05) is 36.4 Å². The summed E-state index contributed by atoms with van der Waals surface area (Å²) in [5.74, 6) is -2.68. The highest BCUT2D eigenvalue weighted by molar-refractivity contribution is 7.91. The molecule has 0 atom stereocenters. The van der Waals surface area contributed by atoms with E-state index in [2.05, 4.69) is 10.6 Å². The standard InChI is InChI=1S/C25H22F3N3O3S/c1-16-24(19-5-2-3-8-22(19)31(16)15-17-9-11-18(26)12-10-17)35(33,34)14-13-29-25(32)30-23-20(27)6-4-7-21(23)28/h2-12H,13-15H2,1H3,(H2,29,30,32). The third kappa shape index (κ3) is 5.17. The van der Waals surface area contributed by atoms with E-state index in [1.807, 2.05) is 4.57 Å². The SMILES string of the molecule is Cc1c(S(=O)(=O)CCNC(=O)Nc2c(F)cccc2F)c2ccccc2n1Cc1ccc(F)cc1. The Bertz CT molecular complexity index is 1480. The zero-order valence-electron chi connectivity index (χ0n) is 18.7. The molecule has 6 nitrogen and oxygen atoms in total. The molecule has 0 fully saturated rings. The van der Waals surface area contributed by atoms with Crippen molar-refractivity contribution in [1.29, 1.82) is 0 Å². The van der Waals surface area contributed by atoms with E-state index in [1.54, 1.807) is 43.3 Å². The molecule has 0 aliphatic carbocycles. The Balaban J connectivity index is 1.53. The number of fused-ring (bicyclic) bond motifs is 1. The van der Waals surface area contributed by atoms with E-state index in [9.17, 15) is 26.4 Å². The molecule has 0 saturated carbocycles. The van der Waals surface area contributed by atoms with Gasteiger partial charge >= 0.3 is 6.03 Å². The Labute approximate surface area is 200 Å². The fraction of sp³-hybridized carbons (Fsp3) is 0.160. The molecule has 35 heavy (non-hydrogen) atoms. The lowest BCUT2D eigenvalue weighted by atomic mass is 10.2. The molecule has 0 aliphatic heterocycles. The number of benzene rings is 3. The molecule has 0 saturated heterocycles. The van der Waals surface area contributed by atoms with Crippen LogP contribution in [0.3, 0.4) is 0 Å². The molecule has 1 heterocycles. The maximum absolute atomic E-state index is 13.7. The van der Waals surface area contributed by atoms with E-state index in [0.717, 1.165) is 23.8 Å². The van der Waals surface area contributed by atoms with Gasteiger partial charge in [-0.05, 0) is 42.8 Å². The van der Waals surface area contributed by atoms with E-state index < -0.39 is 38.9 Å². The summed E-state index contributed by atoms with van der Waals surface area (Å²) in [6, 6.07) is 15.2. The van der Waals surface area contributed by atoms with E-state index in [-0.39, 0.29) is 17.3 Å². The summed E-state index contributed by atoms with van der Waals surface area (Å²) in [7, 11) is -3.85. The minimum Gasteiger partial charge on any atom is -0.339 e. The van der Waals surface area contributed by atoms with E-state index >= 15 is 0 Å². The van der Waals surface area contributed by atoms with Crippen LogP contribution in [0.25, 0.3) is 10.9 Å². The number of aromatic nitrogens is 1. The van der Waals surface area contributed by atoms with Crippen LogP contribution < -0.4 is 10.6 Å². The van der Waals surface area contributed by atoms with Crippen LogP contribution in [0.15, 0.2) is 71.6 Å². The number of amides is 2. The van der Waals surface area contributed by atoms with Gasteiger partial charge in [0.2, 0.25) is 0 Å². The number of nitrogens with one attached hydrogen (secondary N) is 2. The van der Waals surface area contributed by atoms with Crippen LogP contribution in [-0.2, 0) is 16.4 Å². The van der Waals surface area contributed by atoms with E-state index in [4.69, 9.17) is 0 Å². The Morgan fingerprint density at radius 2 is 1.57 bits per heavy atom. The van der Waals surface area contributed by atoms with Gasteiger partial charge in [-0.15, -0.1) is 0 Å². The highest BCUT2D eigenvalue weighted by atomic mass is 32.2. The summed E-state index contributed by atoms with van der Waals surface area (Å²) in [5, 5.41) is 4.91. The number of sulfone groups is 1. The summed E-state index contributed by atoms with van der Waals surface area (Å²) in [4.78, 5) is 12.2. The Kier molecular flexibility index (Phi) is 6.83. The van der Waals surface area contributed by atoms with Crippen molar-refractivity contribution < 1.29 is 26.4 Å². The zero-order chi connectivity index (χ0) is 25.2. The maximum Gasteiger partial charge on any atom is 0.319 e. The van der Waals surface area contributed by atoms with Gasteiger partial charge in [0.25, 0.3) is 0 Å². The number of carbonyl (C=O) groups excluding carboxylic acids is 1. The minimum atomic E-state index is -3.85. The molecule has 1 aromatic heterocycles. The van der Waals surface area contributed by atoms with E-state index in [1.165, 1.54) is 12.1 Å². The maximum atomic E-state index is 13.7. The molecule has 182 valence electrons. The molecule has 0 bridgehead atoms. The highest BCUT2D eigenvalue weighted by Gasteiger charge is 2.25. The molecule has 2 amide bonds. The normalized spacial score (nSPS) is 11.5. The number of hydrogen-bond donors (Lipinski definition) is 2. The van der Waals surface area contributed by atoms with Gasteiger partial charge in [0.1, 0.15) is 23.1 Å². The van der Waals surface area contributed by atoms with Gasteiger partial charge in [0.15, 0.2) is 9.84 Å². The van der Waals surface area contributed by atoms with Crippen LogP contribution in [0.2, 0.25) is 0 Å². The van der Waals surface area contributed by atoms with Crippen molar-refractivity contribution in [2.45, 2.75) is 18.4 Å². The first-order chi connectivity index (χ1) is 16.7. The van der Waals surface area contributed by atoms with Crippen molar-refractivity contribution in [3.05, 3.63) is 95.4 Å². The Hall–Kier alpha value is -3.79. The molecule has 2 N–H and O–H groups in total. The molecule has 0 aliphatic rings. The second kappa shape index (κ2) is 9.83. The second-order valence-electron chi connectivity index (χ2n) is 7.94. The van der Waals surface area contributed by atoms with Gasteiger partial charge in [0.05, 0.1) is 10.6 Å². The molecule has 0 spiro atoms. The van der Waals surface area contributed by atoms with E-state index in [0.29, 0.717) is 23.1 Å². The zero-order valence-corrected chi connectivity index (χ0v) is 19.5. The van der Waals surface area contributed by atoms with Crippen molar-refractivity contribution >= 4 is 32.5 Å². The first kappa shape index (κ1) is 24.3. The Morgan fingerprint density at radius 1 is 0.914 bits per heavy atom. The summed E-state index contributed by atoms with van der Waals surface area (Å²) in [6.07, 6.45) is 0. The second-order valence-corrected chi connectivity index (χ2v) is 9.99. The number of halogens is 3. The number of urea groups is 1. The summed E-state index contributed by atoms with van der Waals surface area (Å²) in [6.45, 7) is 1.76. The predicted molar refractivity (Wildman–Crippen MR) is 128 cm³/mol. The van der Waals surface area contributed by atoms with Crippen LogP contribution in [-0.4, -0.2) is 31.3 Å². The predicted octanol–water partition coefficient (Wildman–Crippen LogP) is 5.01. The van der Waals surface area contributed by atoms with Crippen LogP contribution in [0, 0.1) is 24.4 Å². The fourth-order valence-corrected chi connectivity index (χ4v) is 5.59. The number of nitrogens with zero attached hydrogens (tertiary/aromatic N) is 1. The molecular formula is C25H22F3N3O3S. The van der Waals surface area contributed by atoms with Crippen molar-refractivity contribution in [3.63, 3.8) is 0 Å². The molecule has 0 unspecified atom stereocenters. The van der Waals surface area contributed by atoms with Crippen LogP contribution in [0.5, 0.6) is 0 Å². The highest BCUT2D eigenvalue weighted by Crippen LogP contribution is 2.31. The summed E-state index contributed by atoms with van der Waals surface area (Å²) < 4.78 is 69.1. The Morgan fingerprint density at radius 3 is 2.26 bits per heavy atom. The van der Waals surface area contributed by atoms with Crippen LogP contribution in [0.4, 0.5) is 23.7 Å². The lowest BCUT2D eigenvalue weighted by molar-refractivity contribution is 0.252. The third-order valence-electron chi connectivity index (χ3n) is 5.60. The number of para-hydroxylation sites is 2. The average Bonchev–Trinajstić information content (AvgIpc) is 3.10. The largest absolute Gasteiger partial charge is 0.339 e. The first-order valence-corrected chi connectivity index (χ1v) is 12.4. The van der Waals surface area contributed by atoms with Gasteiger partial charge in [-0.25, -0.2) is 26.4 Å². The third-order valence-corrected chi connectivity index (χ3v) is 7.47. The topological polar surface area (TPSA) is 80.2 Å². The van der Waals surface area contributed by atoms with Gasteiger partial charge < -0.3 is 15.2 Å². The smallest absolute Gasteiger partial charge is 0.319 e. The number of carbonyl (C=O) groups is 1. The molecule has 0 radical (unpaired) electrons. The number of anilines is 1. The van der Waals surface area contributed by atoms with Crippen molar-refractivity contribution in [1.82, 2.24) is 9.88 Å². The number of rotatable bonds is 7. The van der Waals surface area contributed by atoms with Crippen LogP contribution >= 0.6 is 0 Å². The average molecular weight is 502 g/mol. The molecule has 10 heteroatoms. The van der Waals surface area contributed by atoms with Crippen molar-refractivity contribution in [2.75, 3.05) is 17.6 Å². The summed E-state index contributed by atoms with van der Waals surface area (Å²) >= 11 is 0. The molecule has 4 aromatic rings. The molecule has 3 aromatic carbocycles. The lowest BCUT2D eigenvalue weighted by Crippen LogP contribution is -2.33. The fourth-order valence-electron chi connectivity index (χ4n) is 3.94. The van der Waals surface area contributed by atoms with Gasteiger partial charge in [0, 0.05) is 29.7 Å².